The zero-order valence-electron chi connectivity index (χ0n) is 5.90. The Morgan fingerprint density at radius 2 is 2.64 bits per heavy atom. The Morgan fingerprint density at radius 1 is 1.91 bits per heavy atom. The minimum atomic E-state index is 0.419. The van der Waals surface area contributed by atoms with E-state index in [2.05, 4.69) is 28.3 Å². The molecule has 0 atom stereocenters. The number of hydrogen-bond acceptors (Lipinski definition) is 3. The van der Waals surface area contributed by atoms with Crippen LogP contribution in [0.1, 0.15) is 0 Å². The molecule has 1 heterocycles. The van der Waals surface area contributed by atoms with E-state index < -0.39 is 0 Å². The number of rotatable bonds is 2. The summed E-state index contributed by atoms with van der Waals surface area (Å²) in [5.41, 5.74) is 2.80. The fourth-order valence-corrected chi connectivity index (χ4v) is 0.926. The number of nitrogens with one attached hydrogen (secondary N) is 2. The summed E-state index contributed by atoms with van der Waals surface area (Å²) in [6.45, 7) is 0. The van der Waals surface area contributed by atoms with Crippen LogP contribution in [0.2, 0.25) is 0 Å². The molecule has 0 fully saturated rings. The molecular weight excluding hydrogens is 180 g/mol. The summed E-state index contributed by atoms with van der Waals surface area (Å²) in [6.07, 6.45) is 1.66. The maximum atomic E-state index is 4.72. The molecule has 0 aliphatic rings. The van der Waals surface area contributed by atoms with Crippen molar-refractivity contribution in [2.45, 2.75) is 0 Å². The van der Waals surface area contributed by atoms with Gasteiger partial charge >= 0.3 is 0 Å². The smallest absolute Gasteiger partial charge is 0.149 e. The molecule has 0 aliphatic heterocycles. The first-order valence-corrected chi connectivity index (χ1v) is 3.78. The van der Waals surface area contributed by atoms with Crippen molar-refractivity contribution in [1.29, 1.82) is 0 Å². The predicted molar refractivity (Wildman–Crippen MR) is 51.7 cm³/mol. The van der Waals surface area contributed by atoms with Crippen LogP contribution in [-0.2, 0) is 0 Å². The third-order valence-corrected chi connectivity index (χ3v) is 1.30. The fourth-order valence-electron chi connectivity index (χ4n) is 0.639. The number of aromatic nitrogens is 2. The van der Waals surface area contributed by atoms with Crippen molar-refractivity contribution in [1.82, 2.24) is 15.6 Å². The van der Waals surface area contributed by atoms with Gasteiger partial charge in [-0.1, -0.05) is 12.2 Å². The molecule has 0 saturated carbocycles. The highest BCUT2D eigenvalue weighted by Crippen LogP contribution is 2.02. The second kappa shape index (κ2) is 3.59. The molecular formula is C5H8N4S2. The normalized spacial score (nSPS) is 9.27. The summed E-state index contributed by atoms with van der Waals surface area (Å²) in [5, 5.41) is 8.23. The lowest BCUT2D eigenvalue weighted by molar-refractivity contribution is 0.866. The molecule has 0 saturated heterocycles. The van der Waals surface area contributed by atoms with E-state index in [1.165, 1.54) is 0 Å². The summed E-state index contributed by atoms with van der Waals surface area (Å²) in [5.74, 6) is 0.835. The highest BCUT2D eigenvalue weighted by Gasteiger charge is 1.99. The zero-order valence-corrected chi connectivity index (χ0v) is 7.62. The number of H-pyrrole nitrogens is 1. The number of anilines is 1. The maximum absolute atomic E-state index is 4.72. The molecule has 0 bridgehead atoms. The van der Waals surface area contributed by atoms with E-state index >= 15 is 0 Å². The van der Waals surface area contributed by atoms with Gasteiger partial charge in [-0.2, -0.15) is 5.10 Å². The number of nitrogens with zero attached hydrogens (tertiary/aromatic N) is 2. The Bertz CT molecular complexity index is 233. The summed E-state index contributed by atoms with van der Waals surface area (Å²) < 4.78 is 0.419. The van der Waals surface area contributed by atoms with Crippen LogP contribution in [0.25, 0.3) is 0 Å². The SMILES string of the molecule is CN(NC(=S)S)c1ccn[nH]1. The van der Waals surface area contributed by atoms with Gasteiger partial charge in [0.1, 0.15) is 10.1 Å². The van der Waals surface area contributed by atoms with Crippen molar-refractivity contribution in [3.8, 4) is 0 Å². The minimum Gasteiger partial charge on any atom is -0.282 e. The number of hydrazine groups is 1. The third kappa shape index (κ3) is 2.39. The van der Waals surface area contributed by atoms with E-state index in [4.69, 9.17) is 12.2 Å². The van der Waals surface area contributed by atoms with Gasteiger partial charge in [0.2, 0.25) is 0 Å². The number of thiocarbonyl (C=S) groups is 1. The topological polar surface area (TPSA) is 44.0 Å². The van der Waals surface area contributed by atoms with Crippen LogP contribution in [0, 0.1) is 0 Å². The Kier molecular flexibility index (Phi) is 2.72. The van der Waals surface area contributed by atoms with Gasteiger partial charge in [0, 0.05) is 13.1 Å². The average Bonchev–Trinajstić information content (AvgIpc) is 2.35. The lowest BCUT2D eigenvalue weighted by Crippen LogP contribution is -2.36. The van der Waals surface area contributed by atoms with Gasteiger partial charge in [-0.05, 0) is 0 Å². The average molecular weight is 188 g/mol. The van der Waals surface area contributed by atoms with Gasteiger partial charge in [-0.3, -0.25) is 15.5 Å². The van der Waals surface area contributed by atoms with Crippen molar-refractivity contribution in [3.05, 3.63) is 12.3 Å². The first-order valence-electron chi connectivity index (χ1n) is 2.93. The molecule has 1 aromatic rings. The second-order valence-corrected chi connectivity index (χ2v) is 3.08. The van der Waals surface area contributed by atoms with Gasteiger partial charge in [-0.15, -0.1) is 12.6 Å². The summed E-state index contributed by atoms with van der Waals surface area (Å²) >= 11 is 8.64. The van der Waals surface area contributed by atoms with E-state index in [0.717, 1.165) is 5.82 Å². The zero-order chi connectivity index (χ0) is 8.27. The lowest BCUT2D eigenvalue weighted by atomic mass is 10.6. The Labute approximate surface area is 75.4 Å². The fraction of sp³-hybridized carbons (Fsp3) is 0.200. The van der Waals surface area contributed by atoms with E-state index in [1.54, 1.807) is 11.2 Å². The molecule has 1 aromatic heterocycles. The molecule has 0 aliphatic carbocycles. The van der Waals surface area contributed by atoms with Gasteiger partial charge in [0.05, 0.1) is 6.20 Å². The molecule has 4 nitrogen and oxygen atoms in total. The van der Waals surface area contributed by atoms with Gasteiger partial charge < -0.3 is 0 Å². The van der Waals surface area contributed by atoms with E-state index in [9.17, 15) is 0 Å². The number of aromatic amines is 1. The Hall–Kier alpha value is -0.750. The molecule has 0 unspecified atom stereocenters. The molecule has 0 amide bonds. The van der Waals surface area contributed by atoms with Crippen LogP contribution < -0.4 is 10.4 Å². The Morgan fingerprint density at radius 3 is 3.09 bits per heavy atom. The molecule has 2 N–H and O–H groups in total. The predicted octanol–water partition coefficient (Wildman–Crippen LogP) is 0.565. The van der Waals surface area contributed by atoms with Gasteiger partial charge in [-0.25, -0.2) is 0 Å². The monoisotopic (exact) mass is 188 g/mol. The first kappa shape index (κ1) is 8.35. The Balaban J connectivity index is 2.56. The van der Waals surface area contributed by atoms with Crippen molar-refractivity contribution in [2.75, 3.05) is 12.1 Å². The van der Waals surface area contributed by atoms with Crippen molar-refractivity contribution in [2.24, 2.45) is 0 Å². The van der Waals surface area contributed by atoms with Crippen LogP contribution >= 0.6 is 24.8 Å². The van der Waals surface area contributed by atoms with Crippen molar-refractivity contribution < 1.29 is 0 Å². The number of hydrogen-bond donors (Lipinski definition) is 3. The van der Waals surface area contributed by atoms with Crippen molar-refractivity contribution in [3.63, 3.8) is 0 Å². The minimum absolute atomic E-state index is 0.419. The largest absolute Gasteiger partial charge is 0.282 e. The molecule has 0 radical (unpaired) electrons. The van der Waals surface area contributed by atoms with Crippen LogP contribution in [0.3, 0.4) is 0 Å². The van der Waals surface area contributed by atoms with E-state index in [0.29, 0.717) is 4.32 Å². The highest BCUT2D eigenvalue weighted by atomic mass is 32.1. The van der Waals surface area contributed by atoms with E-state index in [-0.39, 0.29) is 0 Å². The maximum Gasteiger partial charge on any atom is 0.149 e. The molecule has 1 rings (SSSR count). The lowest BCUT2D eigenvalue weighted by Gasteiger charge is -2.16. The van der Waals surface area contributed by atoms with Crippen LogP contribution in [0.5, 0.6) is 0 Å². The molecule has 0 spiro atoms. The standard InChI is InChI=1S/C5H8N4S2/c1-9(8-5(10)11)4-2-3-6-7-4/h2-3H,1H3,(H,6,7)(H2,8,10,11). The van der Waals surface area contributed by atoms with Crippen molar-refractivity contribution >= 4 is 35.0 Å². The van der Waals surface area contributed by atoms with Crippen LogP contribution in [0.15, 0.2) is 12.3 Å². The van der Waals surface area contributed by atoms with Crippen LogP contribution in [0.4, 0.5) is 5.82 Å². The molecule has 60 valence electrons. The molecule has 6 heteroatoms. The summed E-state index contributed by atoms with van der Waals surface area (Å²) in [7, 11) is 1.82. The number of thiol groups is 1. The summed E-state index contributed by atoms with van der Waals surface area (Å²) in [4.78, 5) is 0. The first-order chi connectivity index (χ1) is 5.20. The van der Waals surface area contributed by atoms with Gasteiger partial charge in [0.15, 0.2) is 0 Å². The second-order valence-electron chi connectivity index (χ2n) is 1.92. The van der Waals surface area contributed by atoms with Crippen LogP contribution in [-0.4, -0.2) is 21.6 Å². The molecule has 0 aromatic carbocycles. The third-order valence-electron chi connectivity index (χ3n) is 1.11. The summed E-state index contributed by atoms with van der Waals surface area (Å²) in [6, 6.07) is 1.82. The quantitative estimate of drug-likeness (QED) is 0.360. The van der Waals surface area contributed by atoms with Gasteiger partial charge in [0.25, 0.3) is 0 Å². The highest BCUT2D eigenvalue weighted by molar-refractivity contribution is 8.11. The molecule has 11 heavy (non-hydrogen) atoms. The van der Waals surface area contributed by atoms with E-state index in [1.807, 2.05) is 13.1 Å².